The molecule has 2 fully saturated rings. The molecule has 2 heterocycles. The van der Waals surface area contributed by atoms with Gasteiger partial charge in [-0.2, -0.15) is 0 Å². The average molecular weight is 586 g/mol. The minimum absolute atomic E-state index is 0.336. The zero-order valence-corrected chi connectivity index (χ0v) is 26.1. The van der Waals surface area contributed by atoms with Crippen LogP contribution >= 0.6 is 0 Å². The fourth-order valence-electron chi connectivity index (χ4n) is 4.04. The van der Waals surface area contributed by atoms with Crippen molar-refractivity contribution >= 4 is 29.9 Å². The highest BCUT2D eigenvalue weighted by molar-refractivity contribution is 5.95. The summed E-state index contributed by atoms with van der Waals surface area (Å²) >= 11 is 0. The first-order chi connectivity index (χ1) is 18.6. The number of rotatable bonds is 9. The largest absolute Gasteiger partial charge is 0.461 e. The summed E-state index contributed by atoms with van der Waals surface area (Å²) in [4.78, 5) is 65.5. The molecular formula is C29H47NO11. The lowest BCUT2D eigenvalue weighted by molar-refractivity contribution is -0.191. The highest BCUT2D eigenvalue weighted by Gasteiger charge is 2.62. The van der Waals surface area contributed by atoms with Crippen LogP contribution in [-0.4, -0.2) is 83.3 Å². The predicted octanol–water partition coefficient (Wildman–Crippen LogP) is 3.36. The Balaban J connectivity index is 2.50. The molecule has 12 heteroatoms. The molecule has 12 nitrogen and oxygen atoms in total. The summed E-state index contributed by atoms with van der Waals surface area (Å²) in [5.41, 5.74) is -2.77. The van der Waals surface area contributed by atoms with Crippen molar-refractivity contribution in [1.29, 1.82) is 0 Å². The van der Waals surface area contributed by atoms with E-state index in [9.17, 15) is 29.1 Å². The summed E-state index contributed by atoms with van der Waals surface area (Å²) < 4.78 is 28.6. The highest BCUT2D eigenvalue weighted by Crippen LogP contribution is 2.39. The number of hydrogen-bond donors (Lipinski definition) is 1. The number of amides is 2. The number of nitrogens with zero attached hydrogens (tertiary/aromatic N) is 1. The third kappa shape index (κ3) is 8.18. The molecule has 0 unspecified atom stereocenters. The fraction of sp³-hybridized carbons (Fsp3) is 0.828. The van der Waals surface area contributed by atoms with Gasteiger partial charge in [-0.25, -0.2) is 9.69 Å². The van der Waals surface area contributed by atoms with Crippen LogP contribution in [0.3, 0.4) is 0 Å². The van der Waals surface area contributed by atoms with E-state index in [-0.39, 0.29) is 0 Å². The van der Waals surface area contributed by atoms with Gasteiger partial charge in [0.1, 0.15) is 12.7 Å². The van der Waals surface area contributed by atoms with Crippen LogP contribution in [0.1, 0.15) is 89.0 Å². The number of aliphatic hydroxyl groups excluding tert-OH is 1. The number of carbonyl (C=O) groups is 5. The number of ether oxygens (including phenoxy) is 5. The first-order valence-corrected chi connectivity index (χ1v) is 14.1. The molecule has 7 atom stereocenters. The Morgan fingerprint density at radius 1 is 0.927 bits per heavy atom. The molecule has 0 saturated carbocycles. The van der Waals surface area contributed by atoms with Crippen LogP contribution in [0, 0.1) is 22.2 Å². The minimum atomic E-state index is -1.34. The molecule has 41 heavy (non-hydrogen) atoms. The second-order valence-electron chi connectivity index (χ2n) is 13.9. The van der Waals surface area contributed by atoms with E-state index >= 15 is 0 Å². The summed E-state index contributed by atoms with van der Waals surface area (Å²) in [6, 6.07) is 0. The van der Waals surface area contributed by atoms with Crippen molar-refractivity contribution in [3.8, 4) is 0 Å². The zero-order chi connectivity index (χ0) is 31.7. The van der Waals surface area contributed by atoms with E-state index in [4.69, 9.17) is 23.7 Å². The van der Waals surface area contributed by atoms with Gasteiger partial charge >= 0.3 is 24.0 Å². The molecule has 0 aromatic rings. The van der Waals surface area contributed by atoms with Crippen molar-refractivity contribution in [1.82, 2.24) is 4.90 Å². The molecule has 2 aliphatic rings. The molecule has 0 aromatic carbocycles. The molecule has 2 aliphatic heterocycles. The molecule has 0 spiro atoms. The smallest absolute Gasteiger partial charge is 0.419 e. The van der Waals surface area contributed by atoms with Gasteiger partial charge in [0.15, 0.2) is 24.5 Å². The van der Waals surface area contributed by atoms with Crippen molar-refractivity contribution < 1.29 is 52.8 Å². The molecule has 1 N–H and O–H groups in total. The maximum Gasteiger partial charge on any atom is 0.419 e. The van der Waals surface area contributed by atoms with E-state index in [1.165, 1.54) is 6.92 Å². The number of hydrogen-bond acceptors (Lipinski definition) is 11. The minimum Gasteiger partial charge on any atom is -0.461 e. The number of aliphatic hydroxyl groups is 1. The predicted molar refractivity (Wildman–Crippen MR) is 145 cm³/mol. The third-order valence-corrected chi connectivity index (χ3v) is 6.79. The summed E-state index contributed by atoms with van der Waals surface area (Å²) in [5, 5.41) is 10.4. The van der Waals surface area contributed by atoms with E-state index in [2.05, 4.69) is 0 Å². The van der Waals surface area contributed by atoms with Gasteiger partial charge in [-0.05, 0) is 68.7 Å². The summed E-state index contributed by atoms with van der Waals surface area (Å²) in [6.07, 6.45) is -7.53. The van der Waals surface area contributed by atoms with Crippen LogP contribution in [0.2, 0.25) is 0 Å². The molecule has 0 aromatic heterocycles. The molecule has 2 amide bonds. The van der Waals surface area contributed by atoms with Crippen molar-refractivity contribution in [2.75, 3.05) is 6.61 Å². The number of fused-ring (bicyclic) bond motifs is 1. The summed E-state index contributed by atoms with van der Waals surface area (Å²) in [6.45, 7) is 17.7. The molecule has 2 rings (SSSR count). The quantitative estimate of drug-likeness (QED) is 0.313. The monoisotopic (exact) mass is 585 g/mol. The Hall–Kier alpha value is -2.73. The van der Waals surface area contributed by atoms with Gasteiger partial charge in [0, 0.05) is 0 Å². The lowest BCUT2D eigenvalue weighted by Gasteiger charge is -2.32. The molecule has 2 saturated heterocycles. The number of esters is 3. The van der Waals surface area contributed by atoms with E-state index in [1.807, 2.05) is 6.92 Å². The summed E-state index contributed by atoms with van der Waals surface area (Å²) in [5.74, 6) is -3.55. The van der Waals surface area contributed by atoms with Crippen molar-refractivity contribution in [3.05, 3.63) is 0 Å². The first kappa shape index (κ1) is 34.5. The zero-order valence-electron chi connectivity index (χ0n) is 26.1. The highest BCUT2D eigenvalue weighted by atomic mass is 16.7. The molecule has 0 radical (unpaired) electrons. The maximum absolute atomic E-state index is 13.3. The van der Waals surface area contributed by atoms with Gasteiger partial charge in [0.2, 0.25) is 5.91 Å². The fourth-order valence-corrected chi connectivity index (χ4v) is 4.04. The molecule has 0 bridgehead atoms. The van der Waals surface area contributed by atoms with Crippen molar-refractivity contribution in [3.63, 3.8) is 0 Å². The van der Waals surface area contributed by atoms with E-state index in [0.717, 1.165) is 4.90 Å². The van der Waals surface area contributed by atoms with Crippen LogP contribution in [0.15, 0.2) is 0 Å². The Kier molecular flexibility index (Phi) is 10.6. The second kappa shape index (κ2) is 12.6. The topological polar surface area (TPSA) is 155 Å². The number of imide groups is 1. The summed E-state index contributed by atoms with van der Waals surface area (Å²) in [7, 11) is 0. The van der Waals surface area contributed by atoms with Gasteiger partial charge in [-0.15, -0.1) is 0 Å². The normalized spacial score (nSPS) is 25.1. The lowest BCUT2D eigenvalue weighted by atomic mass is 9.96. The second-order valence-corrected chi connectivity index (χ2v) is 13.9. The Labute approximate surface area is 242 Å². The average Bonchev–Trinajstić information content (AvgIpc) is 3.33. The standard InChI is InChI=1S/C29H47NO11/c1-12-13-16(31)15(2)21(32)30-22-20(41-26(30)36)19(40-25(35)29(9,10)11)18(39-22)17(38-24(34)28(6,7)8)14-37-23(33)27(3,4)5/h15-20,22,31H,12-14H2,1-11H3/t15-,16+,17+,18+,19-,20+,22-/m0/s1. The van der Waals surface area contributed by atoms with E-state index in [0.29, 0.717) is 12.8 Å². The molecular weight excluding hydrogens is 538 g/mol. The third-order valence-electron chi connectivity index (χ3n) is 6.79. The van der Waals surface area contributed by atoms with E-state index in [1.54, 1.807) is 62.3 Å². The van der Waals surface area contributed by atoms with Gasteiger partial charge < -0.3 is 28.8 Å². The van der Waals surface area contributed by atoms with Crippen LogP contribution in [-0.2, 0) is 42.9 Å². The number of carbonyl (C=O) groups excluding carboxylic acids is 5. The van der Waals surface area contributed by atoms with Gasteiger partial charge in [-0.1, -0.05) is 20.3 Å². The first-order valence-electron chi connectivity index (χ1n) is 14.1. The van der Waals surface area contributed by atoms with Gasteiger partial charge in [0.05, 0.1) is 28.3 Å². The Bertz CT molecular complexity index is 1000. The lowest BCUT2D eigenvalue weighted by Crippen LogP contribution is -2.49. The van der Waals surface area contributed by atoms with Crippen molar-refractivity contribution in [2.45, 2.75) is 126 Å². The molecule has 234 valence electrons. The van der Waals surface area contributed by atoms with Gasteiger partial charge in [-0.3, -0.25) is 19.2 Å². The SMILES string of the molecule is CCC[C@@H](O)[C@H](C)C(=O)N1C(=O)O[C@@H]2[C@@H](OC(=O)C(C)(C)C)[C@@H]([C@@H](COC(=O)C(C)(C)C)OC(=O)C(C)(C)C)O[C@@H]21. The Morgan fingerprint density at radius 2 is 1.46 bits per heavy atom. The van der Waals surface area contributed by atoms with E-state index < -0.39 is 95.4 Å². The van der Waals surface area contributed by atoms with Crippen LogP contribution < -0.4 is 0 Å². The van der Waals surface area contributed by atoms with Gasteiger partial charge in [0.25, 0.3) is 0 Å². The van der Waals surface area contributed by atoms with Crippen LogP contribution in [0.25, 0.3) is 0 Å². The van der Waals surface area contributed by atoms with Crippen molar-refractivity contribution in [2.24, 2.45) is 22.2 Å². The Morgan fingerprint density at radius 3 is 1.95 bits per heavy atom. The molecule has 0 aliphatic carbocycles. The van der Waals surface area contributed by atoms with Crippen LogP contribution in [0.4, 0.5) is 4.79 Å². The maximum atomic E-state index is 13.3. The van der Waals surface area contributed by atoms with Crippen LogP contribution in [0.5, 0.6) is 0 Å².